The molecule has 1 amide bonds. The SMILES string of the molecule is CCC(NC(=O)c1ccc(Cl)c(S(=O)(=O)N2CC(C)OC(C)C2)c1)c1ccccc1OCc1ccccc1Br. The van der Waals surface area contributed by atoms with Gasteiger partial charge in [-0.2, -0.15) is 4.31 Å². The third-order valence-corrected chi connectivity index (χ3v) is 9.63. The summed E-state index contributed by atoms with van der Waals surface area (Å²) in [5, 5.41) is 3.11. The summed E-state index contributed by atoms with van der Waals surface area (Å²) < 4.78 is 41.1. The molecule has 3 atom stereocenters. The molecule has 0 aliphatic carbocycles. The minimum absolute atomic E-state index is 0.0659. The Balaban J connectivity index is 1.54. The van der Waals surface area contributed by atoms with Gasteiger partial charge < -0.3 is 14.8 Å². The van der Waals surface area contributed by atoms with Crippen molar-refractivity contribution < 1.29 is 22.7 Å². The maximum Gasteiger partial charge on any atom is 0.251 e. The van der Waals surface area contributed by atoms with E-state index >= 15 is 0 Å². The molecule has 3 aromatic carbocycles. The van der Waals surface area contributed by atoms with Gasteiger partial charge in [0.15, 0.2) is 0 Å². The molecule has 1 saturated heterocycles. The van der Waals surface area contributed by atoms with E-state index in [4.69, 9.17) is 21.1 Å². The van der Waals surface area contributed by atoms with Gasteiger partial charge >= 0.3 is 0 Å². The fraction of sp³-hybridized carbons (Fsp3) is 0.345. The number of carbonyl (C=O) groups is 1. The van der Waals surface area contributed by atoms with Crippen molar-refractivity contribution in [2.75, 3.05) is 13.1 Å². The van der Waals surface area contributed by atoms with Gasteiger partial charge in [0.2, 0.25) is 10.0 Å². The van der Waals surface area contributed by atoms with Crippen molar-refractivity contribution in [1.82, 2.24) is 9.62 Å². The lowest BCUT2D eigenvalue weighted by atomic mass is 10.0. The Morgan fingerprint density at radius 2 is 1.77 bits per heavy atom. The summed E-state index contributed by atoms with van der Waals surface area (Å²) in [4.78, 5) is 13.3. The molecule has 0 radical (unpaired) electrons. The maximum atomic E-state index is 13.5. The second-order valence-electron chi connectivity index (χ2n) is 9.58. The van der Waals surface area contributed by atoms with Gasteiger partial charge in [-0.1, -0.05) is 70.9 Å². The van der Waals surface area contributed by atoms with Crippen LogP contribution in [0.3, 0.4) is 0 Å². The highest BCUT2D eigenvalue weighted by Crippen LogP contribution is 2.31. The molecule has 39 heavy (non-hydrogen) atoms. The van der Waals surface area contributed by atoms with Gasteiger partial charge in [-0.15, -0.1) is 0 Å². The molecule has 208 valence electrons. The van der Waals surface area contributed by atoms with Gasteiger partial charge in [0.05, 0.1) is 23.3 Å². The molecule has 1 N–H and O–H groups in total. The van der Waals surface area contributed by atoms with Crippen LogP contribution in [0.15, 0.2) is 76.1 Å². The van der Waals surface area contributed by atoms with E-state index in [1.54, 1.807) is 0 Å². The van der Waals surface area contributed by atoms with Gasteiger partial charge in [0, 0.05) is 34.3 Å². The average molecular weight is 636 g/mol. The Morgan fingerprint density at radius 3 is 2.46 bits per heavy atom. The van der Waals surface area contributed by atoms with Crippen molar-refractivity contribution in [3.8, 4) is 5.75 Å². The molecule has 1 aliphatic rings. The predicted molar refractivity (Wildman–Crippen MR) is 156 cm³/mol. The van der Waals surface area contributed by atoms with Gasteiger partial charge in [0.1, 0.15) is 17.3 Å². The number of sulfonamides is 1. The third-order valence-electron chi connectivity index (χ3n) is 6.55. The molecule has 0 bridgehead atoms. The number of halogens is 2. The number of hydrogen-bond donors (Lipinski definition) is 1. The van der Waals surface area contributed by atoms with E-state index in [-0.39, 0.29) is 46.8 Å². The van der Waals surface area contributed by atoms with Crippen molar-refractivity contribution in [2.24, 2.45) is 0 Å². The highest BCUT2D eigenvalue weighted by Gasteiger charge is 2.34. The Morgan fingerprint density at radius 1 is 1.10 bits per heavy atom. The summed E-state index contributed by atoms with van der Waals surface area (Å²) in [5.41, 5.74) is 2.04. The summed E-state index contributed by atoms with van der Waals surface area (Å²) in [6.07, 6.45) is 0.109. The number of para-hydroxylation sites is 1. The quantitative estimate of drug-likeness (QED) is 0.296. The van der Waals surface area contributed by atoms with Gasteiger partial charge in [0.25, 0.3) is 5.91 Å². The molecule has 0 spiro atoms. The lowest BCUT2D eigenvalue weighted by Gasteiger charge is -2.34. The van der Waals surface area contributed by atoms with Crippen LogP contribution >= 0.6 is 27.5 Å². The van der Waals surface area contributed by atoms with E-state index in [0.717, 1.165) is 15.6 Å². The van der Waals surface area contributed by atoms with Crippen LogP contribution in [0.5, 0.6) is 5.75 Å². The summed E-state index contributed by atoms with van der Waals surface area (Å²) in [6, 6.07) is 19.4. The van der Waals surface area contributed by atoms with Crippen molar-refractivity contribution >= 4 is 43.5 Å². The van der Waals surface area contributed by atoms with Crippen LogP contribution < -0.4 is 10.1 Å². The van der Waals surface area contributed by atoms with Crippen molar-refractivity contribution in [2.45, 2.75) is 56.9 Å². The van der Waals surface area contributed by atoms with Crippen molar-refractivity contribution in [3.05, 3.63) is 92.9 Å². The minimum atomic E-state index is -3.93. The number of rotatable bonds is 9. The number of amides is 1. The number of nitrogens with zero attached hydrogens (tertiary/aromatic N) is 1. The van der Waals surface area contributed by atoms with Crippen molar-refractivity contribution in [1.29, 1.82) is 0 Å². The Kier molecular flexibility index (Phi) is 9.72. The number of ether oxygens (including phenoxy) is 2. The molecular formula is C29H32BrClN2O5S. The molecule has 0 saturated carbocycles. The Bertz CT molecular complexity index is 1420. The van der Waals surface area contributed by atoms with Crippen LogP contribution in [-0.4, -0.2) is 43.9 Å². The molecule has 3 aromatic rings. The molecule has 0 aromatic heterocycles. The number of carbonyl (C=O) groups excluding carboxylic acids is 1. The molecular weight excluding hydrogens is 604 g/mol. The summed E-state index contributed by atoms with van der Waals surface area (Å²) in [6.45, 7) is 6.42. The Hall–Kier alpha value is -2.43. The van der Waals surface area contributed by atoms with Crippen molar-refractivity contribution in [3.63, 3.8) is 0 Å². The number of hydrogen-bond acceptors (Lipinski definition) is 5. The van der Waals surface area contributed by atoms with Gasteiger partial charge in [-0.05, 0) is 50.6 Å². The third kappa shape index (κ3) is 7.02. The summed E-state index contributed by atoms with van der Waals surface area (Å²) >= 11 is 9.88. The first-order chi connectivity index (χ1) is 18.6. The lowest BCUT2D eigenvalue weighted by molar-refractivity contribution is -0.0440. The fourth-order valence-electron chi connectivity index (χ4n) is 4.62. The zero-order valence-electron chi connectivity index (χ0n) is 22.1. The average Bonchev–Trinajstić information content (AvgIpc) is 2.91. The number of nitrogens with one attached hydrogen (secondary N) is 1. The van der Waals surface area contributed by atoms with Crippen LogP contribution in [0, 0.1) is 0 Å². The maximum absolute atomic E-state index is 13.5. The van der Waals surface area contributed by atoms with Gasteiger partial charge in [-0.3, -0.25) is 4.79 Å². The highest BCUT2D eigenvalue weighted by atomic mass is 79.9. The first kappa shape index (κ1) is 29.6. The lowest BCUT2D eigenvalue weighted by Crippen LogP contribution is -2.48. The number of morpholine rings is 1. The normalized spacial score (nSPS) is 18.9. The predicted octanol–water partition coefficient (Wildman–Crippen LogP) is 6.36. The highest BCUT2D eigenvalue weighted by molar-refractivity contribution is 9.10. The zero-order chi connectivity index (χ0) is 28.2. The van der Waals surface area contributed by atoms with E-state index in [0.29, 0.717) is 18.8 Å². The number of benzene rings is 3. The van der Waals surface area contributed by atoms with Crippen LogP contribution in [-0.2, 0) is 21.4 Å². The smallest absolute Gasteiger partial charge is 0.251 e. The standard InChI is InChI=1S/C29H32BrClN2O5S/c1-4-26(23-10-6-8-12-27(23)37-18-22-9-5-7-11-24(22)30)32-29(34)21-13-14-25(31)28(15-21)39(35,36)33-16-19(2)38-20(3)17-33/h5-15,19-20,26H,4,16-18H2,1-3H3,(H,32,34). The van der Waals surface area contributed by atoms with E-state index < -0.39 is 15.9 Å². The fourth-order valence-corrected chi connectivity index (χ4v) is 7.11. The first-order valence-corrected chi connectivity index (χ1v) is 15.4. The molecule has 10 heteroatoms. The van der Waals surface area contributed by atoms with E-state index in [9.17, 15) is 13.2 Å². The second-order valence-corrected chi connectivity index (χ2v) is 12.7. The second kappa shape index (κ2) is 12.8. The minimum Gasteiger partial charge on any atom is -0.489 e. The van der Waals surface area contributed by atoms with Crippen LogP contribution in [0.4, 0.5) is 0 Å². The van der Waals surface area contributed by atoms with E-state index in [1.807, 2.05) is 69.3 Å². The molecule has 1 aliphatic heterocycles. The largest absolute Gasteiger partial charge is 0.489 e. The first-order valence-electron chi connectivity index (χ1n) is 12.8. The molecule has 4 rings (SSSR count). The van der Waals surface area contributed by atoms with E-state index in [2.05, 4.69) is 21.2 Å². The van der Waals surface area contributed by atoms with Crippen LogP contribution in [0.25, 0.3) is 0 Å². The van der Waals surface area contributed by atoms with E-state index in [1.165, 1.54) is 22.5 Å². The monoisotopic (exact) mass is 634 g/mol. The topological polar surface area (TPSA) is 84.9 Å². The van der Waals surface area contributed by atoms with Crippen LogP contribution in [0.2, 0.25) is 5.02 Å². The molecule has 7 nitrogen and oxygen atoms in total. The van der Waals surface area contributed by atoms with Crippen LogP contribution in [0.1, 0.15) is 54.7 Å². The molecule has 3 unspecified atom stereocenters. The van der Waals surface area contributed by atoms with Gasteiger partial charge in [-0.25, -0.2) is 8.42 Å². The molecule has 1 fully saturated rings. The zero-order valence-corrected chi connectivity index (χ0v) is 25.2. The summed E-state index contributed by atoms with van der Waals surface area (Å²) in [7, 11) is -3.93. The summed E-state index contributed by atoms with van der Waals surface area (Å²) in [5.74, 6) is 0.259. The molecule has 1 heterocycles. The Labute approximate surface area is 243 Å².